The smallest absolute Gasteiger partial charge is 0.232 e. The normalized spacial score (nSPS) is 20.9. The van der Waals surface area contributed by atoms with Crippen LogP contribution in [0.15, 0.2) is 46.1 Å². The molecule has 0 spiro atoms. The van der Waals surface area contributed by atoms with Gasteiger partial charge in [-0.1, -0.05) is 18.2 Å². The second kappa shape index (κ2) is 12.3. The largest absolute Gasteiger partial charge is 0.480 e. The summed E-state index contributed by atoms with van der Waals surface area (Å²) in [5.41, 5.74) is 1.74. The van der Waals surface area contributed by atoms with Crippen LogP contribution in [0.3, 0.4) is 0 Å². The predicted molar refractivity (Wildman–Crippen MR) is 136 cm³/mol. The Morgan fingerprint density at radius 3 is 2.88 bits per heavy atom. The van der Waals surface area contributed by atoms with Crippen LogP contribution >= 0.6 is 23.1 Å². The zero-order chi connectivity index (χ0) is 23.9. The lowest BCUT2D eigenvalue weighted by Crippen LogP contribution is -2.43. The van der Waals surface area contributed by atoms with Crippen molar-refractivity contribution in [1.82, 2.24) is 14.9 Å². The number of hydrogen-bond acceptors (Lipinski definition) is 9. The van der Waals surface area contributed by atoms with E-state index in [1.54, 1.807) is 23.6 Å². The first kappa shape index (κ1) is 25.3. The van der Waals surface area contributed by atoms with Crippen molar-refractivity contribution in [2.75, 3.05) is 39.1 Å². The molecular formula is C25H33N3O4S2. The number of ether oxygens (including phenoxy) is 1. The Kier molecular flexibility index (Phi) is 9.16. The molecule has 2 aromatic heterocycles. The molecule has 4 atom stereocenters. The van der Waals surface area contributed by atoms with E-state index in [1.165, 1.54) is 11.3 Å². The average molecular weight is 504 g/mol. The second-order valence-electron chi connectivity index (χ2n) is 8.78. The second-order valence-corrected chi connectivity index (χ2v) is 11.1. The molecule has 3 N–H and O–H groups in total. The maximum atomic E-state index is 11.0. The number of benzene rings is 1. The molecule has 3 heterocycles. The molecule has 9 heteroatoms. The van der Waals surface area contributed by atoms with Gasteiger partial charge in [-0.15, -0.1) is 23.1 Å². The number of aliphatic hydroxyl groups is 3. The van der Waals surface area contributed by atoms with Crippen molar-refractivity contribution in [3.63, 3.8) is 0 Å². The summed E-state index contributed by atoms with van der Waals surface area (Å²) in [6.07, 6.45) is 1.68. The number of aliphatic hydroxyl groups excluding tert-OH is 3. The molecule has 4 rings (SSSR count). The van der Waals surface area contributed by atoms with E-state index in [0.717, 1.165) is 31.8 Å². The van der Waals surface area contributed by atoms with Gasteiger partial charge in [-0.05, 0) is 55.2 Å². The zero-order valence-corrected chi connectivity index (χ0v) is 21.0. The zero-order valence-electron chi connectivity index (χ0n) is 19.4. The summed E-state index contributed by atoms with van der Waals surface area (Å²) in [4.78, 5) is 11.3. The van der Waals surface area contributed by atoms with Crippen LogP contribution < -0.4 is 4.74 Å². The fraction of sp³-hybridized carbons (Fsp3) is 0.520. The van der Waals surface area contributed by atoms with E-state index in [-0.39, 0.29) is 12.5 Å². The number of likely N-dealkylation sites (tertiary alicyclic amines) is 1. The van der Waals surface area contributed by atoms with Gasteiger partial charge in [0, 0.05) is 31.0 Å². The van der Waals surface area contributed by atoms with Crippen molar-refractivity contribution in [3.05, 3.63) is 47.5 Å². The van der Waals surface area contributed by atoms with Gasteiger partial charge in [-0.3, -0.25) is 0 Å². The summed E-state index contributed by atoms with van der Waals surface area (Å²) in [5, 5.41) is 33.8. The van der Waals surface area contributed by atoms with E-state index >= 15 is 0 Å². The number of rotatable bonds is 11. The molecule has 1 aliphatic rings. The lowest BCUT2D eigenvalue weighted by molar-refractivity contribution is -0.0144. The number of methoxy groups -OCH3 is 1. The minimum absolute atomic E-state index is 0.135. The van der Waals surface area contributed by atoms with E-state index in [2.05, 4.69) is 32.4 Å². The molecule has 34 heavy (non-hydrogen) atoms. The van der Waals surface area contributed by atoms with Gasteiger partial charge in [0.25, 0.3) is 0 Å². The van der Waals surface area contributed by atoms with Crippen LogP contribution in [0, 0.1) is 11.8 Å². The van der Waals surface area contributed by atoms with Crippen molar-refractivity contribution in [2.24, 2.45) is 11.8 Å². The molecule has 0 bridgehead atoms. The summed E-state index contributed by atoms with van der Waals surface area (Å²) >= 11 is 3.66. The summed E-state index contributed by atoms with van der Waals surface area (Å²) in [6, 6.07) is 9.66. The first-order chi connectivity index (χ1) is 16.6. The monoisotopic (exact) mass is 503 g/mol. The summed E-state index contributed by atoms with van der Waals surface area (Å²) in [7, 11) is 1.53. The molecule has 0 radical (unpaired) electrons. The molecule has 0 aliphatic carbocycles. The van der Waals surface area contributed by atoms with Crippen molar-refractivity contribution < 1.29 is 20.1 Å². The van der Waals surface area contributed by atoms with Crippen LogP contribution in [0.2, 0.25) is 0 Å². The molecule has 7 nitrogen and oxygen atoms in total. The van der Waals surface area contributed by atoms with Crippen LogP contribution in [0.5, 0.6) is 5.88 Å². The number of aromatic nitrogens is 2. The van der Waals surface area contributed by atoms with Crippen molar-refractivity contribution in [1.29, 1.82) is 0 Å². The van der Waals surface area contributed by atoms with Gasteiger partial charge in [-0.25, -0.2) is 9.97 Å². The number of thiophene rings is 1. The number of hydrogen-bond donors (Lipinski definition) is 3. The summed E-state index contributed by atoms with van der Waals surface area (Å²) in [6.45, 7) is 3.03. The van der Waals surface area contributed by atoms with Crippen LogP contribution in [0.1, 0.15) is 30.9 Å². The van der Waals surface area contributed by atoms with Gasteiger partial charge in [0.1, 0.15) is 6.10 Å². The quantitative estimate of drug-likeness (QED) is 0.342. The summed E-state index contributed by atoms with van der Waals surface area (Å²) < 4.78 is 6.53. The van der Waals surface area contributed by atoms with Crippen molar-refractivity contribution in [3.8, 4) is 5.88 Å². The third kappa shape index (κ3) is 6.27. The van der Waals surface area contributed by atoms with E-state index in [4.69, 9.17) is 4.74 Å². The first-order valence-corrected chi connectivity index (χ1v) is 13.6. The fourth-order valence-corrected chi connectivity index (χ4v) is 6.67. The van der Waals surface area contributed by atoms with E-state index < -0.39 is 12.2 Å². The maximum absolute atomic E-state index is 11.0. The van der Waals surface area contributed by atoms with Crippen molar-refractivity contribution >= 4 is 34.1 Å². The average Bonchev–Trinajstić information content (AvgIpc) is 3.38. The molecule has 0 saturated carbocycles. The minimum Gasteiger partial charge on any atom is -0.480 e. The Bertz CT molecular complexity index is 1040. The highest BCUT2D eigenvalue weighted by molar-refractivity contribution is 8.01. The number of fused-ring (bicyclic) bond motifs is 1. The molecule has 1 aromatic carbocycles. The molecule has 0 amide bonds. The first-order valence-electron chi connectivity index (χ1n) is 11.7. The van der Waals surface area contributed by atoms with Gasteiger partial charge >= 0.3 is 0 Å². The third-order valence-electron chi connectivity index (χ3n) is 6.64. The number of nitrogens with zero attached hydrogens (tertiary/aromatic N) is 3. The predicted octanol–water partition coefficient (Wildman–Crippen LogP) is 3.60. The molecule has 3 aromatic rings. The van der Waals surface area contributed by atoms with Gasteiger partial charge < -0.3 is 25.0 Å². The van der Waals surface area contributed by atoms with E-state index in [9.17, 15) is 15.3 Å². The maximum Gasteiger partial charge on any atom is 0.232 e. The fourth-order valence-electron chi connectivity index (χ4n) is 4.81. The van der Waals surface area contributed by atoms with E-state index in [0.29, 0.717) is 41.2 Å². The lowest BCUT2D eigenvalue weighted by atomic mass is 9.79. The highest BCUT2D eigenvalue weighted by atomic mass is 32.2. The van der Waals surface area contributed by atoms with Crippen LogP contribution in [0.25, 0.3) is 11.0 Å². The van der Waals surface area contributed by atoms with Crippen LogP contribution in [-0.4, -0.2) is 75.4 Å². The minimum atomic E-state index is -1.07. The van der Waals surface area contributed by atoms with Crippen molar-refractivity contribution in [2.45, 2.75) is 35.7 Å². The number of piperidine rings is 1. The highest BCUT2D eigenvalue weighted by Gasteiger charge is 2.33. The molecule has 1 fully saturated rings. The molecular weight excluding hydrogens is 470 g/mol. The SMILES string of the molecule is COc1cnc2cccc([C@@H](O)[C@H](O)C[C@@H]3CCN(CCSc4cccs4)C[C@H]3CCO)c2n1. The van der Waals surface area contributed by atoms with E-state index in [1.807, 2.05) is 23.9 Å². The van der Waals surface area contributed by atoms with Gasteiger partial charge in [0.15, 0.2) is 0 Å². The Morgan fingerprint density at radius 1 is 1.24 bits per heavy atom. The Labute approximate surface area is 208 Å². The third-order valence-corrected chi connectivity index (χ3v) is 8.75. The van der Waals surface area contributed by atoms with Gasteiger partial charge in [0.05, 0.1) is 34.7 Å². The van der Waals surface area contributed by atoms with Crippen LogP contribution in [-0.2, 0) is 0 Å². The number of para-hydroxylation sites is 1. The molecule has 0 unspecified atom stereocenters. The standard InChI is InChI=1S/C25H33N3O4S2/c1-32-22-15-26-20-5-2-4-19(24(20)27-22)25(31)21(30)14-17-7-9-28(16-18(17)8-11-29)10-13-34-23-6-3-12-33-23/h2-6,12,15,17-18,21,25,29-31H,7-11,13-14,16H2,1H3/t17-,18+,21+,25+/m0/s1. The molecule has 1 saturated heterocycles. The molecule has 1 aliphatic heterocycles. The van der Waals surface area contributed by atoms with Crippen LogP contribution in [0.4, 0.5) is 0 Å². The Balaban J connectivity index is 1.37. The lowest BCUT2D eigenvalue weighted by Gasteiger charge is -2.39. The van der Waals surface area contributed by atoms with Gasteiger partial charge in [-0.2, -0.15) is 0 Å². The summed E-state index contributed by atoms with van der Waals surface area (Å²) in [5.74, 6) is 1.95. The molecule has 184 valence electrons. The Morgan fingerprint density at radius 2 is 2.12 bits per heavy atom. The number of thioether (sulfide) groups is 1. The highest BCUT2D eigenvalue weighted by Crippen LogP contribution is 2.34. The topological polar surface area (TPSA) is 98.9 Å². The van der Waals surface area contributed by atoms with Gasteiger partial charge in [0.2, 0.25) is 5.88 Å². The Hall–Kier alpha value is -1.75.